The SMILES string of the molecule is Cc1cc(C)c(C2=C(O)C3(CCC(OCCOCCOCCOCCOCC(=O)O)CC3)OC2=O)c(C)c1. The molecule has 10 heteroatoms. The Bertz CT molecular complexity index is 955. The summed E-state index contributed by atoms with van der Waals surface area (Å²) in [4.78, 5) is 23.1. The van der Waals surface area contributed by atoms with Gasteiger partial charge in [-0.15, -0.1) is 0 Å². The number of carboxylic acids is 1. The van der Waals surface area contributed by atoms with E-state index >= 15 is 0 Å². The van der Waals surface area contributed by atoms with E-state index in [1.807, 2.05) is 32.9 Å². The van der Waals surface area contributed by atoms with Crippen molar-refractivity contribution in [1.82, 2.24) is 0 Å². The fourth-order valence-corrected chi connectivity index (χ4v) is 5.05. The predicted molar refractivity (Wildman–Crippen MR) is 138 cm³/mol. The van der Waals surface area contributed by atoms with Gasteiger partial charge in [-0.3, -0.25) is 0 Å². The van der Waals surface area contributed by atoms with E-state index in [9.17, 15) is 14.7 Å². The van der Waals surface area contributed by atoms with E-state index in [1.165, 1.54) is 0 Å². The zero-order chi connectivity index (χ0) is 27.5. The van der Waals surface area contributed by atoms with Crippen LogP contribution in [0.2, 0.25) is 0 Å². The molecule has 38 heavy (non-hydrogen) atoms. The Labute approximate surface area is 223 Å². The normalized spacial score (nSPS) is 21.3. The monoisotopic (exact) mass is 536 g/mol. The molecule has 2 N–H and O–H groups in total. The first kappa shape index (κ1) is 30.0. The number of aliphatic hydroxyl groups is 1. The summed E-state index contributed by atoms with van der Waals surface area (Å²) in [6, 6.07) is 4.03. The molecular formula is C28H40O10. The molecule has 1 fully saturated rings. The van der Waals surface area contributed by atoms with Crippen LogP contribution in [0.4, 0.5) is 0 Å². The molecular weight excluding hydrogens is 496 g/mol. The fourth-order valence-electron chi connectivity index (χ4n) is 5.05. The van der Waals surface area contributed by atoms with E-state index in [0.29, 0.717) is 77.5 Å². The molecule has 0 atom stereocenters. The van der Waals surface area contributed by atoms with Gasteiger partial charge in [0.1, 0.15) is 12.2 Å². The largest absolute Gasteiger partial charge is 0.507 e. The Balaban J connectivity index is 1.29. The van der Waals surface area contributed by atoms with Crippen LogP contribution in [0, 0.1) is 20.8 Å². The molecule has 0 saturated heterocycles. The standard InChI is InChI=1S/C28H40O10/c1-19-16-20(2)24(21(3)17-19)25-26(31)28(38-27(25)32)6-4-22(5-7-28)37-15-14-35-11-10-33-8-9-34-12-13-36-18-23(29)30/h16-17,22,31H,4-15,18H2,1-3H3,(H,29,30). The Hall–Kier alpha value is -2.50. The van der Waals surface area contributed by atoms with Crippen LogP contribution in [0.3, 0.4) is 0 Å². The summed E-state index contributed by atoms with van der Waals surface area (Å²) in [5.41, 5.74) is 3.13. The van der Waals surface area contributed by atoms with E-state index < -0.39 is 17.5 Å². The molecule has 0 unspecified atom stereocenters. The van der Waals surface area contributed by atoms with Crippen molar-refractivity contribution in [2.45, 2.75) is 58.2 Å². The minimum Gasteiger partial charge on any atom is -0.507 e. The van der Waals surface area contributed by atoms with E-state index in [1.54, 1.807) is 0 Å². The lowest BCUT2D eigenvalue weighted by Gasteiger charge is -2.35. The topological polar surface area (TPSA) is 130 Å². The molecule has 1 aromatic carbocycles. The molecule has 3 rings (SSSR count). The zero-order valence-corrected chi connectivity index (χ0v) is 22.6. The minimum absolute atomic E-state index is 0.0236. The van der Waals surface area contributed by atoms with Gasteiger partial charge in [0.2, 0.25) is 0 Å². The first-order valence-corrected chi connectivity index (χ1v) is 13.1. The molecule has 0 bridgehead atoms. The number of carbonyl (C=O) groups excluding carboxylic acids is 1. The number of hydrogen-bond donors (Lipinski definition) is 2. The maximum Gasteiger partial charge on any atom is 0.343 e. The molecule has 1 saturated carbocycles. The average Bonchev–Trinajstić information content (AvgIpc) is 3.09. The molecule has 0 amide bonds. The molecule has 2 aliphatic rings. The lowest BCUT2D eigenvalue weighted by molar-refractivity contribution is -0.152. The Morgan fingerprint density at radius 2 is 1.39 bits per heavy atom. The third kappa shape index (κ3) is 8.25. The number of hydrogen-bond acceptors (Lipinski definition) is 9. The van der Waals surface area contributed by atoms with Gasteiger partial charge in [0.15, 0.2) is 11.4 Å². The van der Waals surface area contributed by atoms with E-state index in [2.05, 4.69) is 0 Å². The third-order valence-corrected chi connectivity index (χ3v) is 6.75. The van der Waals surface area contributed by atoms with Crippen molar-refractivity contribution in [2.24, 2.45) is 0 Å². The van der Waals surface area contributed by atoms with Gasteiger partial charge in [-0.25, -0.2) is 9.59 Å². The summed E-state index contributed by atoms with van der Waals surface area (Å²) in [6.45, 7) is 8.72. The zero-order valence-electron chi connectivity index (χ0n) is 22.6. The Kier molecular flexibility index (Phi) is 11.5. The quantitative estimate of drug-likeness (QED) is 0.240. The molecule has 0 radical (unpaired) electrons. The van der Waals surface area contributed by atoms with E-state index in [0.717, 1.165) is 22.3 Å². The summed E-state index contributed by atoms with van der Waals surface area (Å²) in [5, 5.41) is 19.6. The average molecular weight is 537 g/mol. The second kappa shape index (κ2) is 14.6. The molecule has 1 spiro atoms. The Morgan fingerprint density at radius 1 is 0.895 bits per heavy atom. The summed E-state index contributed by atoms with van der Waals surface area (Å²) >= 11 is 0. The highest BCUT2D eigenvalue weighted by Gasteiger charge is 2.51. The summed E-state index contributed by atoms with van der Waals surface area (Å²) in [6.07, 6.45) is 2.42. The molecule has 1 heterocycles. The van der Waals surface area contributed by atoms with Gasteiger partial charge >= 0.3 is 11.9 Å². The number of carboxylic acid groups (broad SMARTS) is 1. The lowest BCUT2D eigenvalue weighted by atomic mass is 9.80. The highest BCUT2D eigenvalue weighted by atomic mass is 16.6. The van der Waals surface area contributed by atoms with Crippen molar-refractivity contribution in [1.29, 1.82) is 0 Å². The smallest absolute Gasteiger partial charge is 0.343 e. The number of ether oxygens (including phenoxy) is 6. The minimum atomic E-state index is -1.00. The number of aliphatic hydroxyl groups excluding tert-OH is 1. The van der Waals surface area contributed by atoms with Gasteiger partial charge in [-0.1, -0.05) is 17.7 Å². The molecule has 1 aromatic rings. The summed E-state index contributed by atoms with van der Waals surface area (Å²) in [5.74, 6) is -1.40. The van der Waals surface area contributed by atoms with Crippen LogP contribution < -0.4 is 0 Å². The van der Waals surface area contributed by atoms with Gasteiger partial charge < -0.3 is 38.6 Å². The number of esters is 1. The first-order chi connectivity index (χ1) is 18.2. The predicted octanol–water partition coefficient (Wildman–Crippen LogP) is 3.29. The second-order valence-corrected chi connectivity index (χ2v) is 9.73. The molecule has 1 aliphatic heterocycles. The van der Waals surface area contributed by atoms with Crippen molar-refractivity contribution in [3.63, 3.8) is 0 Å². The van der Waals surface area contributed by atoms with Gasteiger partial charge in [-0.2, -0.15) is 0 Å². The number of rotatable bonds is 16. The molecule has 10 nitrogen and oxygen atoms in total. The Morgan fingerprint density at radius 3 is 1.92 bits per heavy atom. The van der Waals surface area contributed by atoms with Crippen molar-refractivity contribution in [3.05, 3.63) is 40.1 Å². The van der Waals surface area contributed by atoms with Crippen molar-refractivity contribution < 1.29 is 48.2 Å². The maximum absolute atomic E-state index is 12.8. The van der Waals surface area contributed by atoms with Gasteiger partial charge in [0.05, 0.1) is 59.0 Å². The summed E-state index contributed by atoms with van der Waals surface area (Å²) in [7, 11) is 0. The van der Waals surface area contributed by atoms with Crippen molar-refractivity contribution in [3.8, 4) is 0 Å². The molecule has 0 aromatic heterocycles. The van der Waals surface area contributed by atoms with Crippen LogP contribution in [0.25, 0.3) is 5.57 Å². The van der Waals surface area contributed by atoms with E-state index in [4.69, 9.17) is 33.5 Å². The lowest BCUT2D eigenvalue weighted by Crippen LogP contribution is -2.39. The van der Waals surface area contributed by atoms with Crippen molar-refractivity contribution in [2.75, 3.05) is 59.5 Å². The van der Waals surface area contributed by atoms with Crippen LogP contribution in [0.15, 0.2) is 17.9 Å². The van der Waals surface area contributed by atoms with Gasteiger partial charge in [0, 0.05) is 0 Å². The number of benzene rings is 1. The number of aryl methyl sites for hydroxylation is 3. The summed E-state index contributed by atoms with van der Waals surface area (Å²) < 4.78 is 32.8. The van der Waals surface area contributed by atoms with Crippen LogP contribution in [0.1, 0.15) is 47.9 Å². The number of aliphatic carboxylic acids is 1. The van der Waals surface area contributed by atoms with Gasteiger partial charge in [-0.05, 0) is 63.1 Å². The van der Waals surface area contributed by atoms with Gasteiger partial charge in [0.25, 0.3) is 0 Å². The maximum atomic E-state index is 12.8. The van der Waals surface area contributed by atoms with Crippen molar-refractivity contribution >= 4 is 17.5 Å². The first-order valence-electron chi connectivity index (χ1n) is 13.1. The number of carbonyl (C=O) groups is 2. The second-order valence-electron chi connectivity index (χ2n) is 9.73. The molecule has 212 valence electrons. The molecule has 1 aliphatic carbocycles. The van der Waals surface area contributed by atoms with Crippen LogP contribution >= 0.6 is 0 Å². The highest BCUT2D eigenvalue weighted by Crippen LogP contribution is 2.46. The van der Waals surface area contributed by atoms with E-state index in [-0.39, 0.29) is 25.1 Å². The van der Waals surface area contributed by atoms with Crippen LogP contribution in [-0.2, 0) is 38.0 Å². The van der Waals surface area contributed by atoms with Crippen LogP contribution in [-0.4, -0.2) is 93.3 Å². The fraction of sp³-hybridized carbons (Fsp3) is 0.643. The third-order valence-electron chi connectivity index (χ3n) is 6.75. The highest BCUT2D eigenvalue weighted by molar-refractivity contribution is 6.20. The van der Waals surface area contributed by atoms with Crippen LogP contribution in [0.5, 0.6) is 0 Å².